The first-order chi connectivity index (χ1) is 6.61. The third-order valence-electron chi connectivity index (χ3n) is 2.77. The fourth-order valence-corrected chi connectivity index (χ4v) is 1.44. The van der Waals surface area contributed by atoms with Gasteiger partial charge in [-0.05, 0) is 11.8 Å². The minimum Gasteiger partial charge on any atom is -0.271 e. The molecule has 0 aliphatic rings. The van der Waals surface area contributed by atoms with Crippen LogP contribution in [0.15, 0.2) is 18.7 Å². The van der Waals surface area contributed by atoms with Crippen LogP contribution < -0.4 is 11.3 Å². The molecule has 1 unspecified atom stereocenters. The standard InChI is InChI=1S/C10H18N4/c1-4-10(2,3)9(14-11)8-5-12-7-13-6-8/h5-7,9,14H,4,11H2,1-3H3. The van der Waals surface area contributed by atoms with E-state index in [4.69, 9.17) is 5.84 Å². The number of nitrogens with zero attached hydrogens (tertiary/aromatic N) is 2. The topological polar surface area (TPSA) is 63.8 Å². The van der Waals surface area contributed by atoms with Crippen LogP contribution in [0.3, 0.4) is 0 Å². The predicted octanol–water partition coefficient (Wildman–Crippen LogP) is 1.42. The number of rotatable bonds is 4. The van der Waals surface area contributed by atoms with Crippen molar-refractivity contribution >= 4 is 0 Å². The first-order valence-electron chi connectivity index (χ1n) is 4.83. The quantitative estimate of drug-likeness (QED) is 0.562. The Hall–Kier alpha value is -1.00. The van der Waals surface area contributed by atoms with Gasteiger partial charge in [0.2, 0.25) is 0 Å². The Bertz CT molecular complexity index is 271. The monoisotopic (exact) mass is 194 g/mol. The molecule has 3 N–H and O–H groups in total. The van der Waals surface area contributed by atoms with Crippen molar-refractivity contribution < 1.29 is 0 Å². The highest BCUT2D eigenvalue weighted by Crippen LogP contribution is 2.34. The van der Waals surface area contributed by atoms with Gasteiger partial charge in [0.05, 0.1) is 6.04 Å². The maximum atomic E-state index is 5.56. The minimum atomic E-state index is 0.0914. The summed E-state index contributed by atoms with van der Waals surface area (Å²) in [4.78, 5) is 7.99. The van der Waals surface area contributed by atoms with Crippen LogP contribution in [0.5, 0.6) is 0 Å². The predicted molar refractivity (Wildman–Crippen MR) is 56.2 cm³/mol. The summed E-state index contributed by atoms with van der Waals surface area (Å²) in [5, 5.41) is 0. The summed E-state index contributed by atoms with van der Waals surface area (Å²) in [7, 11) is 0. The van der Waals surface area contributed by atoms with Gasteiger partial charge < -0.3 is 0 Å². The van der Waals surface area contributed by atoms with E-state index in [0.29, 0.717) is 0 Å². The van der Waals surface area contributed by atoms with E-state index in [1.165, 1.54) is 6.33 Å². The van der Waals surface area contributed by atoms with Crippen molar-refractivity contribution in [2.75, 3.05) is 0 Å². The molecular weight excluding hydrogens is 176 g/mol. The number of hydrogen-bond donors (Lipinski definition) is 2. The molecule has 0 radical (unpaired) electrons. The number of hydrogen-bond acceptors (Lipinski definition) is 4. The van der Waals surface area contributed by atoms with Crippen LogP contribution in [-0.4, -0.2) is 9.97 Å². The summed E-state index contributed by atoms with van der Waals surface area (Å²) in [5.74, 6) is 5.56. The molecule has 1 aromatic rings. The van der Waals surface area contributed by atoms with Gasteiger partial charge in [-0.3, -0.25) is 11.3 Å². The molecule has 0 aliphatic heterocycles. The van der Waals surface area contributed by atoms with Crippen molar-refractivity contribution in [3.05, 3.63) is 24.3 Å². The van der Waals surface area contributed by atoms with Gasteiger partial charge in [-0.15, -0.1) is 0 Å². The van der Waals surface area contributed by atoms with E-state index in [2.05, 4.69) is 36.2 Å². The molecule has 0 bridgehead atoms. The zero-order valence-electron chi connectivity index (χ0n) is 8.99. The smallest absolute Gasteiger partial charge is 0.115 e. The Labute approximate surface area is 84.9 Å². The lowest BCUT2D eigenvalue weighted by Crippen LogP contribution is -2.38. The molecular formula is C10H18N4. The van der Waals surface area contributed by atoms with Crippen molar-refractivity contribution in [3.63, 3.8) is 0 Å². The third kappa shape index (κ3) is 2.27. The molecule has 0 aromatic carbocycles. The Morgan fingerprint density at radius 2 is 2.00 bits per heavy atom. The highest BCUT2D eigenvalue weighted by atomic mass is 15.2. The summed E-state index contributed by atoms with van der Waals surface area (Å²) in [6.07, 6.45) is 6.16. The molecule has 0 amide bonds. The zero-order valence-corrected chi connectivity index (χ0v) is 8.99. The molecule has 0 saturated carbocycles. The van der Waals surface area contributed by atoms with E-state index in [-0.39, 0.29) is 11.5 Å². The van der Waals surface area contributed by atoms with E-state index in [1.54, 1.807) is 12.4 Å². The molecule has 4 nitrogen and oxygen atoms in total. The summed E-state index contributed by atoms with van der Waals surface area (Å²) >= 11 is 0. The zero-order chi connectivity index (χ0) is 10.6. The Morgan fingerprint density at radius 1 is 1.43 bits per heavy atom. The molecule has 1 rings (SSSR count). The lowest BCUT2D eigenvalue weighted by atomic mass is 9.79. The summed E-state index contributed by atoms with van der Waals surface area (Å²) in [5.41, 5.74) is 3.96. The van der Waals surface area contributed by atoms with E-state index in [0.717, 1.165) is 12.0 Å². The molecule has 0 fully saturated rings. The molecule has 0 saturated heterocycles. The van der Waals surface area contributed by atoms with Gasteiger partial charge in [0.15, 0.2) is 0 Å². The van der Waals surface area contributed by atoms with Crippen molar-refractivity contribution in [2.24, 2.45) is 11.3 Å². The maximum Gasteiger partial charge on any atom is 0.115 e. The van der Waals surface area contributed by atoms with Gasteiger partial charge in [-0.1, -0.05) is 20.8 Å². The molecule has 4 heteroatoms. The molecule has 1 aromatic heterocycles. The second-order valence-corrected chi connectivity index (χ2v) is 4.11. The van der Waals surface area contributed by atoms with Crippen molar-refractivity contribution in [1.29, 1.82) is 0 Å². The second-order valence-electron chi connectivity index (χ2n) is 4.11. The van der Waals surface area contributed by atoms with Crippen LogP contribution in [0.1, 0.15) is 38.8 Å². The van der Waals surface area contributed by atoms with Crippen LogP contribution in [0.25, 0.3) is 0 Å². The molecule has 14 heavy (non-hydrogen) atoms. The fraction of sp³-hybridized carbons (Fsp3) is 0.600. The normalized spacial score (nSPS) is 14.0. The highest BCUT2D eigenvalue weighted by Gasteiger charge is 2.28. The highest BCUT2D eigenvalue weighted by molar-refractivity contribution is 5.12. The van der Waals surface area contributed by atoms with Gasteiger partial charge in [0.25, 0.3) is 0 Å². The average Bonchev–Trinajstić information content (AvgIpc) is 2.20. The molecule has 1 atom stereocenters. The Kier molecular flexibility index (Phi) is 3.55. The Morgan fingerprint density at radius 3 is 2.43 bits per heavy atom. The summed E-state index contributed by atoms with van der Waals surface area (Å²) in [6.45, 7) is 6.49. The van der Waals surface area contributed by atoms with Gasteiger partial charge in [-0.2, -0.15) is 0 Å². The first kappa shape index (κ1) is 11.1. The SMILES string of the molecule is CCC(C)(C)C(NN)c1cncnc1. The minimum absolute atomic E-state index is 0.0914. The van der Waals surface area contributed by atoms with E-state index in [9.17, 15) is 0 Å². The van der Waals surface area contributed by atoms with Gasteiger partial charge in [-0.25, -0.2) is 9.97 Å². The summed E-state index contributed by atoms with van der Waals surface area (Å²) in [6, 6.07) is 0.0914. The lowest BCUT2D eigenvalue weighted by molar-refractivity contribution is 0.235. The second kappa shape index (κ2) is 4.48. The van der Waals surface area contributed by atoms with Crippen molar-refractivity contribution in [3.8, 4) is 0 Å². The number of aromatic nitrogens is 2. The van der Waals surface area contributed by atoms with Crippen molar-refractivity contribution in [2.45, 2.75) is 33.2 Å². The van der Waals surface area contributed by atoms with Crippen LogP contribution >= 0.6 is 0 Å². The van der Waals surface area contributed by atoms with E-state index < -0.39 is 0 Å². The van der Waals surface area contributed by atoms with Crippen molar-refractivity contribution in [1.82, 2.24) is 15.4 Å². The fourth-order valence-electron chi connectivity index (χ4n) is 1.44. The largest absolute Gasteiger partial charge is 0.271 e. The lowest BCUT2D eigenvalue weighted by Gasteiger charge is -2.32. The first-order valence-corrected chi connectivity index (χ1v) is 4.83. The summed E-state index contributed by atoms with van der Waals surface area (Å²) < 4.78 is 0. The van der Waals surface area contributed by atoms with Crippen LogP contribution in [0.2, 0.25) is 0 Å². The van der Waals surface area contributed by atoms with Gasteiger partial charge >= 0.3 is 0 Å². The van der Waals surface area contributed by atoms with Crippen LogP contribution in [0.4, 0.5) is 0 Å². The van der Waals surface area contributed by atoms with Gasteiger partial charge in [0.1, 0.15) is 6.33 Å². The Balaban J connectivity index is 2.93. The molecule has 1 heterocycles. The number of hydrazine groups is 1. The maximum absolute atomic E-state index is 5.56. The van der Waals surface area contributed by atoms with Crippen LogP contribution in [0, 0.1) is 5.41 Å². The van der Waals surface area contributed by atoms with E-state index in [1.807, 2.05) is 0 Å². The number of nitrogens with two attached hydrogens (primary N) is 1. The number of nitrogens with one attached hydrogen (secondary N) is 1. The van der Waals surface area contributed by atoms with Gasteiger partial charge in [0, 0.05) is 18.0 Å². The van der Waals surface area contributed by atoms with E-state index >= 15 is 0 Å². The molecule has 78 valence electrons. The molecule has 0 aliphatic carbocycles. The average molecular weight is 194 g/mol. The third-order valence-corrected chi connectivity index (χ3v) is 2.77. The molecule has 0 spiro atoms. The van der Waals surface area contributed by atoms with Crippen LogP contribution in [-0.2, 0) is 0 Å².